The molecule has 174 valence electrons. The highest BCUT2D eigenvalue weighted by Crippen LogP contribution is 2.32. The summed E-state index contributed by atoms with van der Waals surface area (Å²) in [6, 6.07) is 14.3. The fourth-order valence-electron chi connectivity index (χ4n) is 3.73. The molecule has 1 aliphatic heterocycles. The second kappa shape index (κ2) is 12.1. The molecule has 6 nitrogen and oxygen atoms in total. The summed E-state index contributed by atoms with van der Waals surface area (Å²) < 4.78 is 16.8. The Balaban J connectivity index is 1.70. The van der Waals surface area contributed by atoms with Gasteiger partial charge in [-0.2, -0.15) is 0 Å². The third kappa shape index (κ3) is 6.64. The van der Waals surface area contributed by atoms with Gasteiger partial charge in [0.1, 0.15) is 0 Å². The number of ether oxygens (including phenoxy) is 3. The molecule has 32 heavy (non-hydrogen) atoms. The van der Waals surface area contributed by atoms with E-state index in [2.05, 4.69) is 47.5 Å². The van der Waals surface area contributed by atoms with Crippen molar-refractivity contribution in [3.8, 4) is 11.5 Å². The predicted molar refractivity (Wildman–Crippen MR) is 129 cm³/mol. The topological polar surface area (TPSA) is 60.0 Å². The highest BCUT2D eigenvalue weighted by Gasteiger charge is 2.25. The molecular weight excluding hydrogens is 424 g/mol. The number of rotatable bonds is 10. The molecule has 0 spiro atoms. The normalized spacial score (nSPS) is 16.2. The van der Waals surface area contributed by atoms with Crippen LogP contribution >= 0.6 is 11.8 Å². The van der Waals surface area contributed by atoms with Crippen molar-refractivity contribution in [2.75, 3.05) is 46.6 Å². The fraction of sp³-hybridized carbons (Fsp3) is 0.480. The minimum atomic E-state index is -0.182. The number of carbonyl (C=O) groups excluding carboxylic acids is 1. The zero-order valence-electron chi connectivity index (χ0n) is 19.4. The van der Waals surface area contributed by atoms with E-state index in [0.29, 0.717) is 32.1 Å². The number of amides is 1. The minimum Gasteiger partial charge on any atom is -0.493 e. The Kier molecular flexibility index (Phi) is 9.26. The summed E-state index contributed by atoms with van der Waals surface area (Å²) in [6.07, 6.45) is 0. The van der Waals surface area contributed by atoms with Gasteiger partial charge in [0, 0.05) is 24.5 Å². The van der Waals surface area contributed by atoms with Gasteiger partial charge in [-0.15, -0.1) is 11.8 Å². The smallest absolute Gasteiger partial charge is 0.233 e. The lowest BCUT2D eigenvalue weighted by Crippen LogP contribution is -2.44. The number of morpholine rings is 1. The molecule has 1 aliphatic rings. The number of hydrogen-bond donors (Lipinski definition) is 1. The first kappa shape index (κ1) is 24.4. The number of nitrogens with zero attached hydrogens (tertiary/aromatic N) is 1. The second-order valence-electron chi connectivity index (χ2n) is 7.83. The third-order valence-electron chi connectivity index (χ3n) is 5.53. The highest BCUT2D eigenvalue weighted by molar-refractivity contribution is 8.00. The fourth-order valence-corrected chi connectivity index (χ4v) is 4.62. The average molecular weight is 459 g/mol. The van der Waals surface area contributed by atoms with Crippen molar-refractivity contribution in [2.45, 2.75) is 37.0 Å². The SMILES string of the molecule is CCOc1ccc(C(CNC(=O)C(C)Sc2ccc(C)cc2)N2CCOCC2)cc1OC. The number of hydrogen-bond acceptors (Lipinski definition) is 6. The van der Waals surface area contributed by atoms with Crippen molar-refractivity contribution in [1.82, 2.24) is 10.2 Å². The summed E-state index contributed by atoms with van der Waals surface area (Å²) >= 11 is 1.57. The van der Waals surface area contributed by atoms with Crippen LogP contribution in [-0.4, -0.2) is 62.6 Å². The van der Waals surface area contributed by atoms with Crippen molar-refractivity contribution in [3.05, 3.63) is 53.6 Å². The number of aryl methyl sites for hydroxylation is 1. The lowest BCUT2D eigenvalue weighted by Gasteiger charge is -2.35. The standard InChI is InChI=1S/C25H34N2O4S/c1-5-31-23-11-8-20(16-24(23)29-4)22(27-12-14-30-15-13-27)17-26-25(28)19(3)32-21-9-6-18(2)7-10-21/h6-11,16,19,22H,5,12-15,17H2,1-4H3,(H,26,28). The molecule has 1 heterocycles. The summed E-state index contributed by atoms with van der Waals surface area (Å²) in [6.45, 7) is 10.1. The molecule has 7 heteroatoms. The van der Waals surface area contributed by atoms with Crippen LogP contribution in [0.3, 0.4) is 0 Å². The first-order valence-corrected chi connectivity index (χ1v) is 12.0. The van der Waals surface area contributed by atoms with E-state index in [1.165, 1.54) is 5.56 Å². The average Bonchev–Trinajstić information content (AvgIpc) is 2.82. The maximum absolute atomic E-state index is 12.9. The Morgan fingerprint density at radius 2 is 1.88 bits per heavy atom. The van der Waals surface area contributed by atoms with Crippen molar-refractivity contribution in [1.29, 1.82) is 0 Å². The number of thioether (sulfide) groups is 1. The molecule has 2 aromatic rings. The summed E-state index contributed by atoms with van der Waals surface area (Å²) in [5.74, 6) is 1.47. The Morgan fingerprint density at radius 3 is 2.53 bits per heavy atom. The van der Waals surface area contributed by atoms with Gasteiger partial charge in [0.25, 0.3) is 0 Å². The van der Waals surface area contributed by atoms with E-state index in [0.717, 1.165) is 29.3 Å². The Bertz CT molecular complexity index is 869. The molecule has 2 unspecified atom stereocenters. The van der Waals surface area contributed by atoms with Crippen LogP contribution in [0, 0.1) is 6.92 Å². The van der Waals surface area contributed by atoms with E-state index in [-0.39, 0.29) is 17.2 Å². The van der Waals surface area contributed by atoms with E-state index >= 15 is 0 Å². The van der Waals surface area contributed by atoms with Crippen LogP contribution < -0.4 is 14.8 Å². The summed E-state index contributed by atoms with van der Waals surface area (Å²) in [4.78, 5) is 16.3. The number of methoxy groups -OCH3 is 1. The molecule has 1 saturated heterocycles. The molecule has 2 atom stereocenters. The molecule has 0 bridgehead atoms. The minimum absolute atomic E-state index is 0.0315. The van der Waals surface area contributed by atoms with Crippen LogP contribution in [0.1, 0.15) is 31.0 Å². The van der Waals surface area contributed by atoms with Gasteiger partial charge in [0.15, 0.2) is 11.5 Å². The van der Waals surface area contributed by atoms with E-state index < -0.39 is 0 Å². The van der Waals surface area contributed by atoms with Gasteiger partial charge in [-0.05, 0) is 50.6 Å². The lowest BCUT2D eigenvalue weighted by molar-refractivity contribution is -0.120. The van der Waals surface area contributed by atoms with Crippen molar-refractivity contribution >= 4 is 17.7 Å². The molecule has 0 aliphatic carbocycles. The van der Waals surface area contributed by atoms with Gasteiger partial charge in [0.2, 0.25) is 5.91 Å². The van der Waals surface area contributed by atoms with Crippen LogP contribution in [0.2, 0.25) is 0 Å². The van der Waals surface area contributed by atoms with Gasteiger partial charge in [0.05, 0.1) is 38.2 Å². The van der Waals surface area contributed by atoms with Gasteiger partial charge in [-0.1, -0.05) is 23.8 Å². The van der Waals surface area contributed by atoms with Crippen LogP contribution in [0.5, 0.6) is 11.5 Å². The quantitative estimate of drug-likeness (QED) is 0.542. The molecule has 0 aromatic heterocycles. The molecule has 0 radical (unpaired) electrons. The molecule has 3 rings (SSSR count). The van der Waals surface area contributed by atoms with Crippen molar-refractivity contribution in [3.63, 3.8) is 0 Å². The van der Waals surface area contributed by atoms with E-state index in [1.807, 2.05) is 26.0 Å². The lowest BCUT2D eigenvalue weighted by atomic mass is 10.0. The predicted octanol–water partition coefficient (Wildman–Crippen LogP) is 4.07. The largest absolute Gasteiger partial charge is 0.493 e. The van der Waals surface area contributed by atoms with Gasteiger partial charge in [-0.25, -0.2) is 0 Å². The van der Waals surface area contributed by atoms with E-state index in [4.69, 9.17) is 14.2 Å². The van der Waals surface area contributed by atoms with Crippen molar-refractivity contribution < 1.29 is 19.0 Å². The monoisotopic (exact) mass is 458 g/mol. The van der Waals surface area contributed by atoms with Crippen LogP contribution in [0.25, 0.3) is 0 Å². The van der Waals surface area contributed by atoms with Gasteiger partial charge >= 0.3 is 0 Å². The number of benzene rings is 2. The zero-order chi connectivity index (χ0) is 22.9. The molecule has 1 fully saturated rings. The van der Waals surface area contributed by atoms with Crippen LogP contribution in [-0.2, 0) is 9.53 Å². The summed E-state index contributed by atoms with van der Waals surface area (Å²) in [7, 11) is 1.65. The Labute approximate surface area is 195 Å². The molecule has 0 saturated carbocycles. The highest BCUT2D eigenvalue weighted by atomic mass is 32.2. The number of nitrogens with one attached hydrogen (secondary N) is 1. The van der Waals surface area contributed by atoms with E-state index in [9.17, 15) is 4.79 Å². The van der Waals surface area contributed by atoms with Gasteiger partial charge < -0.3 is 19.5 Å². The van der Waals surface area contributed by atoms with Crippen LogP contribution in [0.15, 0.2) is 47.4 Å². The zero-order valence-corrected chi connectivity index (χ0v) is 20.2. The first-order valence-electron chi connectivity index (χ1n) is 11.2. The van der Waals surface area contributed by atoms with Crippen molar-refractivity contribution in [2.24, 2.45) is 0 Å². The molecular formula is C25H34N2O4S. The van der Waals surface area contributed by atoms with E-state index in [1.54, 1.807) is 18.9 Å². The first-order chi connectivity index (χ1) is 15.5. The molecule has 1 amide bonds. The Hall–Kier alpha value is -2.22. The molecule has 2 aromatic carbocycles. The number of carbonyl (C=O) groups is 1. The summed E-state index contributed by atoms with van der Waals surface area (Å²) in [5, 5.41) is 2.99. The maximum Gasteiger partial charge on any atom is 0.233 e. The van der Waals surface area contributed by atoms with Gasteiger partial charge in [-0.3, -0.25) is 9.69 Å². The van der Waals surface area contributed by atoms with Crippen LogP contribution in [0.4, 0.5) is 0 Å². The second-order valence-corrected chi connectivity index (χ2v) is 9.24. The third-order valence-corrected chi connectivity index (χ3v) is 6.64. The summed E-state index contributed by atoms with van der Waals surface area (Å²) in [5.41, 5.74) is 2.30. The Morgan fingerprint density at radius 1 is 1.16 bits per heavy atom. The maximum atomic E-state index is 12.9. The molecule has 1 N–H and O–H groups in total.